The van der Waals surface area contributed by atoms with Crippen LogP contribution in [0.15, 0.2) is 60.7 Å². The van der Waals surface area contributed by atoms with Gasteiger partial charge in [0.15, 0.2) is 5.54 Å². The highest BCUT2D eigenvalue weighted by Gasteiger charge is 2.56. The standard InChI is InChI=1S/C27H26N4O2/c32-25-27(16-28-26(33)29-27)21-9-1-2-10-22(21)31(25)19-11-13-30(14-12-19)23-15-18-7-3-5-17-6-4-8-20(23)24(17)18/h1-10,19,23H,11-16H2,(H2,28,29,33). The van der Waals surface area contributed by atoms with E-state index < -0.39 is 5.54 Å². The van der Waals surface area contributed by atoms with E-state index in [1.807, 2.05) is 29.2 Å². The molecule has 0 radical (unpaired) electrons. The highest BCUT2D eigenvalue weighted by molar-refractivity contribution is 6.11. The zero-order valence-corrected chi connectivity index (χ0v) is 18.4. The minimum absolute atomic E-state index is 0.00135. The van der Waals surface area contributed by atoms with Crippen LogP contribution in [0.4, 0.5) is 10.5 Å². The number of benzene rings is 3. The Labute approximate surface area is 192 Å². The van der Waals surface area contributed by atoms with Gasteiger partial charge in [-0.25, -0.2) is 4.79 Å². The van der Waals surface area contributed by atoms with E-state index in [4.69, 9.17) is 0 Å². The Hall–Kier alpha value is -3.38. The molecule has 2 fully saturated rings. The number of likely N-dealkylation sites (tertiary alicyclic amines) is 1. The first-order chi connectivity index (χ1) is 16.2. The molecule has 7 rings (SSSR count). The predicted molar refractivity (Wildman–Crippen MR) is 127 cm³/mol. The van der Waals surface area contributed by atoms with Crippen molar-refractivity contribution in [2.75, 3.05) is 24.5 Å². The van der Waals surface area contributed by atoms with Gasteiger partial charge in [0.25, 0.3) is 5.91 Å². The summed E-state index contributed by atoms with van der Waals surface area (Å²) in [5, 5.41) is 8.50. The molecule has 4 aliphatic rings. The normalized spacial score (nSPS) is 26.8. The van der Waals surface area contributed by atoms with Crippen LogP contribution >= 0.6 is 0 Å². The fourth-order valence-corrected chi connectivity index (χ4v) is 6.62. The predicted octanol–water partition coefficient (Wildman–Crippen LogP) is 3.46. The summed E-state index contributed by atoms with van der Waals surface area (Å²) in [5.74, 6) is -0.00135. The lowest BCUT2D eigenvalue weighted by Crippen LogP contribution is -2.54. The van der Waals surface area contributed by atoms with Crippen molar-refractivity contribution in [3.8, 4) is 0 Å². The van der Waals surface area contributed by atoms with Crippen molar-refractivity contribution in [1.82, 2.24) is 15.5 Å². The SMILES string of the molecule is O=C1NCC2(N1)C(=O)N(C1CCN(C3Cc4cccc5cccc3c45)CC1)c1ccccc12. The lowest BCUT2D eigenvalue weighted by Gasteiger charge is -2.40. The van der Waals surface area contributed by atoms with Crippen LogP contribution in [0, 0.1) is 0 Å². The maximum Gasteiger partial charge on any atom is 0.316 e. The number of carbonyl (C=O) groups excluding carboxylic acids is 2. The van der Waals surface area contributed by atoms with Crippen molar-refractivity contribution < 1.29 is 9.59 Å². The number of amides is 3. The number of fused-ring (bicyclic) bond motifs is 2. The average Bonchev–Trinajstić information content (AvgIpc) is 3.49. The first kappa shape index (κ1) is 19.1. The summed E-state index contributed by atoms with van der Waals surface area (Å²) in [5.41, 5.74) is 3.79. The molecule has 166 valence electrons. The number of nitrogens with zero attached hydrogens (tertiary/aromatic N) is 2. The average molecular weight is 439 g/mol. The molecule has 33 heavy (non-hydrogen) atoms. The molecule has 3 heterocycles. The number of urea groups is 1. The number of piperidine rings is 1. The summed E-state index contributed by atoms with van der Waals surface area (Å²) in [7, 11) is 0. The second-order valence-electron chi connectivity index (χ2n) is 9.75. The Kier molecular flexibility index (Phi) is 3.95. The molecular formula is C27H26N4O2. The molecule has 6 nitrogen and oxygen atoms in total. The van der Waals surface area contributed by atoms with Crippen molar-refractivity contribution in [2.45, 2.75) is 36.9 Å². The van der Waals surface area contributed by atoms with Crippen LogP contribution in [0.1, 0.15) is 35.6 Å². The van der Waals surface area contributed by atoms with Gasteiger partial charge in [0.1, 0.15) is 0 Å². The summed E-state index contributed by atoms with van der Waals surface area (Å²) < 4.78 is 0. The highest BCUT2D eigenvalue weighted by atomic mass is 16.2. The zero-order valence-electron chi connectivity index (χ0n) is 18.4. The van der Waals surface area contributed by atoms with Crippen LogP contribution < -0.4 is 15.5 Å². The van der Waals surface area contributed by atoms with E-state index in [1.165, 1.54) is 21.9 Å². The van der Waals surface area contributed by atoms with Crippen molar-refractivity contribution >= 4 is 28.4 Å². The number of rotatable bonds is 2. The fraction of sp³-hybridized carbons (Fsp3) is 0.333. The maximum absolute atomic E-state index is 13.7. The van der Waals surface area contributed by atoms with Crippen LogP contribution in [-0.2, 0) is 16.8 Å². The molecule has 0 bridgehead atoms. The molecule has 2 atom stereocenters. The molecule has 1 spiro atoms. The van der Waals surface area contributed by atoms with Crippen molar-refractivity contribution in [1.29, 1.82) is 0 Å². The molecule has 2 unspecified atom stereocenters. The number of para-hydroxylation sites is 1. The van der Waals surface area contributed by atoms with Gasteiger partial charge in [0.05, 0.1) is 12.2 Å². The Bertz CT molecular complexity index is 1310. The van der Waals surface area contributed by atoms with Gasteiger partial charge >= 0.3 is 6.03 Å². The Morgan fingerprint density at radius 1 is 0.909 bits per heavy atom. The molecule has 3 amide bonds. The first-order valence-electron chi connectivity index (χ1n) is 11.9. The topological polar surface area (TPSA) is 64.7 Å². The Balaban J connectivity index is 1.15. The van der Waals surface area contributed by atoms with Crippen LogP contribution in [-0.4, -0.2) is 42.5 Å². The van der Waals surface area contributed by atoms with E-state index in [2.05, 4.69) is 51.9 Å². The van der Waals surface area contributed by atoms with E-state index in [9.17, 15) is 9.59 Å². The molecule has 3 aromatic carbocycles. The number of anilines is 1. The Morgan fingerprint density at radius 3 is 2.48 bits per heavy atom. The quantitative estimate of drug-likeness (QED) is 0.644. The smallest absolute Gasteiger partial charge is 0.316 e. The minimum atomic E-state index is -0.965. The molecule has 2 saturated heterocycles. The maximum atomic E-state index is 13.7. The Morgan fingerprint density at radius 2 is 1.70 bits per heavy atom. The molecule has 1 aliphatic carbocycles. The van der Waals surface area contributed by atoms with E-state index in [1.54, 1.807) is 0 Å². The summed E-state index contributed by atoms with van der Waals surface area (Å²) >= 11 is 0. The second-order valence-corrected chi connectivity index (χ2v) is 9.75. The van der Waals surface area contributed by atoms with Crippen molar-refractivity contribution in [3.05, 3.63) is 77.4 Å². The number of hydrogen-bond donors (Lipinski definition) is 2. The van der Waals surface area contributed by atoms with Crippen LogP contribution in [0.2, 0.25) is 0 Å². The monoisotopic (exact) mass is 438 g/mol. The fourth-order valence-electron chi connectivity index (χ4n) is 6.62. The molecule has 3 aliphatic heterocycles. The lowest BCUT2D eigenvalue weighted by molar-refractivity contribution is -0.123. The van der Waals surface area contributed by atoms with E-state index in [0.717, 1.165) is 43.6 Å². The molecule has 0 aromatic heterocycles. The van der Waals surface area contributed by atoms with E-state index in [0.29, 0.717) is 12.6 Å². The molecule has 6 heteroatoms. The summed E-state index contributed by atoms with van der Waals surface area (Å²) in [4.78, 5) is 30.3. The van der Waals surface area contributed by atoms with Crippen molar-refractivity contribution in [2.24, 2.45) is 0 Å². The van der Waals surface area contributed by atoms with Crippen LogP contribution in [0.3, 0.4) is 0 Å². The van der Waals surface area contributed by atoms with Gasteiger partial charge < -0.3 is 15.5 Å². The number of hydrogen-bond acceptors (Lipinski definition) is 3. The van der Waals surface area contributed by atoms with Gasteiger partial charge in [-0.2, -0.15) is 0 Å². The van der Waals surface area contributed by atoms with Gasteiger partial charge in [0, 0.05) is 30.7 Å². The van der Waals surface area contributed by atoms with E-state index in [-0.39, 0.29) is 18.0 Å². The van der Waals surface area contributed by atoms with Gasteiger partial charge in [-0.05, 0) is 47.2 Å². The van der Waals surface area contributed by atoms with Crippen LogP contribution in [0.25, 0.3) is 10.8 Å². The summed E-state index contributed by atoms with van der Waals surface area (Å²) in [6.07, 6.45) is 2.92. The molecule has 2 N–H and O–H groups in total. The highest BCUT2D eigenvalue weighted by Crippen LogP contribution is 2.45. The molecular weight excluding hydrogens is 412 g/mol. The number of nitrogens with one attached hydrogen (secondary N) is 2. The third-order valence-electron chi connectivity index (χ3n) is 8.15. The summed E-state index contributed by atoms with van der Waals surface area (Å²) in [6, 6.07) is 21.5. The molecule has 3 aromatic rings. The van der Waals surface area contributed by atoms with Gasteiger partial charge in [-0.1, -0.05) is 54.6 Å². The third kappa shape index (κ3) is 2.58. The summed E-state index contributed by atoms with van der Waals surface area (Å²) in [6.45, 7) is 2.23. The zero-order chi connectivity index (χ0) is 22.2. The largest absolute Gasteiger partial charge is 0.335 e. The minimum Gasteiger partial charge on any atom is -0.335 e. The first-order valence-corrected chi connectivity index (χ1v) is 11.9. The van der Waals surface area contributed by atoms with Crippen molar-refractivity contribution in [3.63, 3.8) is 0 Å². The molecule has 0 saturated carbocycles. The van der Waals surface area contributed by atoms with Gasteiger partial charge in [-0.15, -0.1) is 0 Å². The van der Waals surface area contributed by atoms with Crippen LogP contribution in [0.5, 0.6) is 0 Å². The second kappa shape index (κ2) is 6.81. The van der Waals surface area contributed by atoms with E-state index >= 15 is 0 Å². The van der Waals surface area contributed by atoms with Gasteiger partial charge in [0.2, 0.25) is 0 Å². The third-order valence-corrected chi connectivity index (χ3v) is 8.15. The lowest BCUT2D eigenvalue weighted by atomic mass is 9.92. The number of carbonyl (C=O) groups is 2. The van der Waals surface area contributed by atoms with Gasteiger partial charge in [-0.3, -0.25) is 9.69 Å².